The number of hydrogen-bond acceptors (Lipinski definition) is 2. The minimum atomic E-state index is -0.0251. The molecule has 0 saturated carbocycles. The highest BCUT2D eigenvalue weighted by molar-refractivity contribution is 5.72. The highest BCUT2D eigenvalue weighted by atomic mass is 16.5. The summed E-state index contributed by atoms with van der Waals surface area (Å²) in [6, 6.07) is 4.79. The van der Waals surface area contributed by atoms with Crippen LogP contribution in [-0.4, -0.2) is 25.2 Å². The fourth-order valence-corrected chi connectivity index (χ4v) is 5.57. The van der Waals surface area contributed by atoms with Gasteiger partial charge in [0.1, 0.15) is 11.9 Å². The van der Waals surface area contributed by atoms with E-state index < -0.39 is 0 Å². The predicted octanol–water partition coefficient (Wildman–Crippen LogP) is 7.51. The summed E-state index contributed by atoms with van der Waals surface area (Å²) in [7, 11) is 0. The van der Waals surface area contributed by atoms with E-state index in [9.17, 15) is 0 Å². The molecule has 178 valence electrons. The van der Waals surface area contributed by atoms with E-state index in [0.717, 1.165) is 25.3 Å². The van der Waals surface area contributed by atoms with Crippen molar-refractivity contribution in [2.24, 2.45) is 11.3 Å². The molecule has 1 aromatic rings. The number of anilines is 1. The topological polar surface area (TPSA) is 16.8 Å². The van der Waals surface area contributed by atoms with Crippen LogP contribution in [0.15, 0.2) is 30.0 Å². The first-order valence-electron chi connectivity index (χ1n) is 12.7. The molecule has 3 unspecified atom stereocenters. The first kappa shape index (κ1) is 23.9. The standard InChI is InChI=1S/C30H42N2O/c1-20(31-9)22-18-23(33-26(19-22)28(2,3)4)11-10-21-16-24-27-25(17-21)30(7,8)13-15-32(27)14-12-29(24,5)6/h10-11,16-18,20,22,26H,12-15,19H2,1-8H3. The number of ether oxygens (including phenoxy) is 1. The minimum Gasteiger partial charge on any atom is -0.490 e. The monoisotopic (exact) mass is 446 g/mol. The Morgan fingerprint density at radius 1 is 1.06 bits per heavy atom. The second-order valence-corrected chi connectivity index (χ2v) is 12.9. The maximum absolute atomic E-state index is 7.53. The summed E-state index contributed by atoms with van der Waals surface area (Å²) >= 11 is 0. The smallest absolute Gasteiger partial charge is 0.227 e. The first-order chi connectivity index (χ1) is 15.3. The number of hydrogen-bond donors (Lipinski definition) is 0. The molecule has 0 saturated heterocycles. The van der Waals surface area contributed by atoms with Gasteiger partial charge in [-0.25, -0.2) is 6.57 Å². The minimum absolute atomic E-state index is 0.0251. The van der Waals surface area contributed by atoms with Gasteiger partial charge in [-0.05, 0) is 76.5 Å². The zero-order chi connectivity index (χ0) is 24.2. The van der Waals surface area contributed by atoms with Gasteiger partial charge in [-0.1, -0.05) is 54.5 Å². The van der Waals surface area contributed by atoms with Gasteiger partial charge in [-0.3, -0.25) is 0 Å². The molecule has 3 heteroatoms. The molecule has 3 heterocycles. The Labute approximate surface area is 201 Å². The predicted molar refractivity (Wildman–Crippen MR) is 140 cm³/mol. The molecule has 0 amide bonds. The van der Waals surface area contributed by atoms with E-state index in [-0.39, 0.29) is 34.3 Å². The van der Waals surface area contributed by atoms with Crippen LogP contribution in [-0.2, 0) is 15.6 Å². The number of rotatable bonds is 3. The van der Waals surface area contributed by atoms with Crippen LogP contribution in [0.4, 0.5) is 5.69 Å². The number of allylic oxidation sites excluding steroid dienone is 1. The van der Waals surface area contributed by atoms with Gasteiger partial charge in [0.2, 0.25) is 6.04 Å². The van der Waals surface area contributed by atoms with Gasteiger partial charge >= 0.3 is 0 Å². The van der Waals surface area contributed by atoms with E-state index in [0.29, 0.717) is 0 Å². The second kappa shape index (κ2) is 8.23. The van der Waals surface area contributed by atoms with E-state index in [1.165, 1.54) is 35.2 Å². The van der Waals surface area contributed by atoms with E-state index >= 15 is 0 Å². The Kier molecular flexibility index (Phi) is 5.97. The molecule has 3 aliphatic rings. The largest absolute Gasteiger partial charge is 0.490 e. The molecule has 4 rings (SSSR count). The molecule has 0 fully saturated rings. The van der Waals surface area contributed by atoms with E-state index in [4.69, 9.17) is 11.3 Å². The number of benzene rings is 1. The molecule has 0 spiro atoms. The van der Waals surface area contributed by atoms with Gasteiger partial charge in [0, 0.05) is 25.7 Å². The maximum atomic E-state index is 7.53. The lowest BCUT2D eigenvalue weighted by atomic mass is 9.69. The Morgan fingerprint density at radius 3 is 2.15 bits per heavy atom. The zero-order valence-electron chi connectivity index (χ0n) is 22.0. The van der Waals surface area contributed by atoms with E-state index in [1.54, 1.807) is 0 Å². The Hall–Kier alpha value is -2.21. The molecular weight excluding hydrogens is 404 g/mol. The lowest BCUT2D eigenvalue weighted by Gasteiger charge is -2.48. The van der Waals surface area contributed by atoms with Crippen LogP contribution in [0.2, 0.25) is 0 Å². The maximum Gasteiger partial charge on any atom is 0.227 e. The molecule has 0 aliphatic carbocycles. The molecule has 0 aromatic heterocycles. The van der Waals surface area contributed by atoms with Crippen molar-refractivity contribution in [2.75, 3.05) is 18.0 Å². The summed E-state index contributed by atoms with van der Waals surface area (Å²) < 4.78 is 6.44. The van der Waals surface area contributed by atoms with Crippen LogP contribution in [0.5, 0.6) is 0 Å². The summed E-state index contributed by atoms with van der Waals surface area (Å²) in [5, 5.41) is 0. The summed E-state index contributed by atoms with van der Waals surface area (Å²) in [6.07, 6.45) is 9.97. The molecule has 3 atom stereocenters. The third-order valence-electron chi connectivity index (χ3n) is 8.29. The molecular formula is C30H42N2O. The van der Waals surface area contributed by atoms with E-state index in [1.807, 2.05) is 6.92 Å². The highest BCUT2D eigenvalue weighted by Crippen LogP contribution is 2.49. The molecule has 0 N–H and O–H groups in total. The summed E-state index contributed by atoms with van der Waals surface area (Å²) in [4.78, 5) is 6.44. The Balaban J connectivity index is 1.73. The van der Waals surface area contributed by atoms with E-state index in [2.05, 4.69) is 88.6 Å². The van der Waals surface area contributed by atoms with Gasteiger partial charge < -0.3 is 14.5 Å². The van der Waals surface area contributed by atoms with Gasteiger partial charge in [0.15, 0.2) is 0 Å². The lowest BCUT2D eigenvalue weighted by Crippen LogP contribution is -2.44. The number of nitrogens with zero attached hydrogens (tertiary/aromatic N) is 2. The lowest BCUT2D eigenvalue weighted by molar-refractivity contribution is 0.00422. The van der Waals surface area contributed by atoms with Crippen molar-refractivity contribution >= 4 is 11.8 Å². The highest BCUT2D eigenvalue weighted by Gasteiger charge is 2.40. The molecule has 0 bridgehead atoms. The van der Waals surface area contributed by atoms with Crippen LogP contribution >= 0.6 is 0 Å². The SMILES string of the molecule is [C-]#[N+]C(C)C1C=C(C=Cc2cc3c4c(c2)C(C)(C)CCN4CCC3(C)C)OC(C(C)(C)C)C1. The van der Waals surface area contributed by atoms with Crippen LogP contribution in [0.3, 0.4) is 0 Å². The summed E-state index contributed by atoms with van der Waals surface area (Å²) in [5.41, 5.74) is 6.14. The van der Waals surface area contributed by atoms with Crippen LogP contribution < -0.4 is 4.90 Å². The van der Waals surface area contributed by atoms with Crippen molar-refractivity contribution in [3.63, 3.8) is 0 Å². The third-order valence-corrected chi connectivity index (χ3v) is 8.29. The Morgan fingerprint density at radius 2 is 1.64 bits per heavy atom. The van der Waals surface area contributed by atoms with Crippen molar-refractivity contribution in [3.05, 3.63) is 58.2 Å². The van der Waals surface area contributed by atoms with Crippen molar-refractivity contribution in [1.82, 2.24) is 0 Å². The van der Waals surface area contributed by atoms with Crippen molar-refractivity contribution in [2.45, 2.75) is 97.6 Å². The first-order valence-corrected chi connectivity index (χ1v) is 12.7. The van der Waals surface area contributed by atoms with Gasteiger partial charge in [-0.2, -0.15) is 0 Å². The molecule has 0 radical (unpaired) electrons. The summed E-state index contributed by atoms with van der Waals surface area (Å²) in [6.45, 7) is 28.2. The molecule has 1 aromatic carbocycles. The second-order valence-electron chi connectivity index (χ2n) is 12.9. The molecule has 33 heavy (non-hydrogen) atoms. The van der Waals surface area contributed by atoms with Crippen LogP contribution in [0.25, 0.3) is 10.9 Å². The van der Waals surface area contributed by atoms with Crippen molar-refractivity contribution in [3.8, 4) is 0 Å². The molecule has 3 aliphatic heterocycles. The molecule has 3 nitrogen and oxygen atoms in total. The fourth-order valence-electron chi connectivity index (χ4n) is 5.57. The van der Waals surface area contributed by atoms with Gasteiger partial charge in [0.05, 0.1) is 5.92 Å². The van der Waals surface area contributed by atoms with Gasteiger partial charge in [-0.15, -0.1) is 0 Å². The van der Waals surface area contributed by atoms with Crippen LogP contribution in [0.1, 0.15) is 91.3 Å². The van der Waals surface area contributed by atoms with Gasteiger partial charge in [0.25, 0.3) is 0 Å². The average molecular weight is 447 g/mol. The normalized spacial score (nSPS) is 26.8. The average Bonchev–Trinajstić information content (AvgIpc) is 2.75. The van der Waals surface area contributed by atoms with Crippen molar-refractivity contribution in [1.29, 1.82) is 0 Å². The fraction of sp³-hybridized carbons (Fsp3) is 0.633. The van der Waals surface area contributed by atoms with Crippen molar-refractivity contribution < 1.29 is 4.74 Å². The van der Waals surface area contributed by atoms with Crippen LogP contribution in [0, 0.1) is 17.9 Å². The zero-order valence-corrected chi connectivity index (χ0v) is 22.0. The summed E-state index contributed by atoms with van der Waals surface area (Å²) in [5.74, 6) is 1.14. The quantitative estimate of drug-likeness (QED) is 0.447. The third kappa shape index (κ3) is 4.59. The Bertz CT molecular complexity index is 974.